The van der Waals surface area contributed by atoms with Gasteiger partial charge in [0.25, 0.3) is 0 Å². The molecular formula is C14H17NO2. The highest BCUT2D eigenvalue weighted by Crippen LogP contribution is 2.19. The first-order chi connectivity index (χ1) is 8.20. The average molecular weight is 231 g/mol. The normalized spacial score (nSPS) is 16.1. The molecule has 90 valence electrons. The van der Waals surface area contributed by atoms with Gasteiger partial charge in [-0.2, -0.15) is 0 Å². The molecule has 1 saturated heterocycles. The predicted octanol–water partition coefficient (Wildman–Crippen LogP) is 2.45. The number of carbonyl (C=O) groups is 2. The number of benzene rings is 1. The highest BCUT2D eigenvalue weighted by molar-refractivity contribution is 5.96. The van der Waals surface area contributed by atoms with Crippen molar-refractivity contribution < 1.29 is 9.59 Å². The first kappa shape index (κ1) is 11.8. The Bertz CT molecular complexity index is 412. The summed E-state index contributed by atoms with van der Waals surface area (Å²) >= 11 is 0. The minimum atomic E-state index is 0.172. The fraction of sp³-hybridized carbons (Fsp3) is 0.429. The molecule has 1 aromatic rings. The van der Waals surface area contributed by atoms with Crippen LogP contribution in [0.5, 0.6) is 0 Å². The maximum atomic E-state index is 11.5. The molecule has 1 aliphatic rings. The van der Waals surface area contributed by atoms with Crippen LogP contribution >= 0.6 is 0 Å². The van der Waals surface area contributed by atoms with E-state index in [0.29, 0.717) is 25.0 Å². The number of anilines is 1. The number of hydrogen-bond donors (Lipinski definition) is 0. The SMILES string of the molecule is CCC(=O)c1ccc(N2CCC(=O)CC2)cc1. The van der Waals surface area contributed by atoms with E-state index in [1.165, 1.54) is 0 Å². The molecule has 17 heavy (non-hydrogen) atoms. The third-order valence-corrected chi connectivity index (χ3v) is 3.20. The Labute approximate surface area is 101 Å². The van der Waals surface area contributed by atoms with E-state index in [0.717, 1.165) is 24.3 Å². The van der Waals surface area contributed by atoms with Gasteiger partial charge in [-0.1, -0.05) is 6.92 Å². The van der Waals surface area contributed by atoms with Gasteiger partial charge in [-0.15, -0.1) is 0 Å². The summed E-state index contributed by atoms with van der Waals surface area (Å²) in [5.74, 6) is 0.518. The molecule has 2 rings (SSSR count). The standard InChI is InChI=1S/C14H17NO2/c1-2-14(17)11-3-5-12(6-4-11)15-9-7-13(16)8-10-15/h3-6H,2,7-10H2,1H3. The molecule has 0 amide bonds. The van der Waals surface area contributed by atoms with E-state index < -0.39 is 0 Å². The van der Waals surface area contributed by atoms with Crippen molar-refractivity contribution in [2.75, 3.05) is 18.0 Å². The average Bonchev–Trinajstić information content (AvgIpc) is 2.39. The van der Waals surface area contributed by atoms with Crippen molar-refractivity contribution in [3.63, 3.8) is 0 Å². The second-order valence-corrected chi connectivity index (χ2v) is 4.35. The number of Topliss-reactive ketones (excluding diaryl/α,β-unsaturated/α-hetero) is 2. The molecule has 0 aromatic heterocycles. The van der Waals surface area contributed by atoms with Gasteiger partial charge < -0.3 is 4.90 Å². The van der Waals surface area contributed by atoms with Crippen LogP contribution in [0.25, 0.3) is 0 Å². The fourth-order valence-corrected chi connectivity index (χ4v) is 2.08. The molecule has 1 heterocycles. The topological polar surface area (TPSA) is 37.4 Å². The first-order valence-corrected chi connectivity index (χ1v) is 6.10. The van der Waals surface area contributed by atoms with Crippen LogP contribution in [0.15, 0.2) is 24.3 Å². The van der Waals surface area contributed by atoms with E-state index in [4.69, 9.17) is 0 Å². The molecular weight excluding hydrogens is 214 g/mol. The zero-order valence-electron chi connectivity index (χ0n) is 10.1. The van der Waals surface area contributed by atoms with Crippen molar-refractivity contribution in [3.8, 4) is 0 Å². The van der Waals surface area contributed by atoms with E-state index in [1.807, 2.05) is 31.2 Å². The van der Waals surface area contributed by atoms with E-state index >= 15 is 0 Å². The summed E-state index contributed by atoms with van der Waals surface area (Å²) in [7, 11) is 0. The Morgan fingerprint density at radius 2 is 1.76 bits per heavy atom. The van der Waals surface area contributed by atoms with Crippen LogP contribution in [-0.4, -0.2) is 24.7 Å². The monoisotopic (exact) mass is 231 g/mol. The molecule has 0 saturated carbocycles. The van der Waals surface area contributed by atoms with E-state index in [-0.39, 0.29) is 5.78 Å². The van der Waals surface area contributed by atoms with Crippen molar-refractivity contribution in [2.45, 2.75) is 26.2 Å². The van der Waals surface area contributed by atoms with Crippen LogP contribution in [0.3, 0.4) is 0 Å². The van der Waals surface area contributed by atoms with E-state index in [1.54, 1.807) is 0 Å². The minimum Gasteiger partial charge on any atom is -0.371 e. The van der Waals surface area contributed by atoms with Gasteiger partial charge in [0.15, 0.2) is 5.78 Å². The van der Waals surface area contributed by atoms with Crippen LogP contribution in [0.2, 0.25) is 0 Å². The molecule has 0 spiro atoms. The molecule has 0 unspecified atom stereocenters. The number of carbonyl (C=O) groups excluding carboxylic acids is 2. The number of ketones is 2. The van der Waals surface area contributed by atoms with E-state index in [9.17, 15) is 9.59 Å². The largest absolute Gasteiger partial charge is 0.371 e. The van der Waals surface area contributed by atoms with Crippen LogP contribution < -0.4 is 4.90 Å². The van der Waals surface area contributed by atoms with Crippen molar-refractivity contribution in [1.29, 1.82) is 0 Å². The Hall–Kier alpha value is -1.64. The summed E-state index contributed by atoms with van der Waals surface area (Å²) in [4.78, 5) is 24.8. The van der Waals surface area contributed by atoms with Gasteiger partial charge in [0.2, 0.25) is 0 Å². The first-order valence-electron chi connectivity index (χ1n) is 6.10. The smallest absolute Gasteiger partial charge is 0.162 e. The molecule has 1 fully saturated rings. The zero-order valence-corrected chi connectivity index (χ0v) is 10.1. The van der Waals surface area contributed by atoms with Gasteiger partial charge in [-0.3, -0.25) is 9.59 Å². The lowest BCUT2D eigenvalue weighted by molar-refractivity contribution is -0.119. The van der Waals surface area contributed by atoms with Crippen molar-refractivity contribution in [2.24, 2.45) is 0 Å². The van der Waals surface area contributed by atoms with Crippen molar-refractivity contribution in [1.82, 2.24) is 0 Å². The highest BCUT2D eigenvalue weighted by atomic mass is 16.1. The summed E-state index contributed by atoms with van der Waals surface area (Å²) in [6.45, 7) is 3.45. The lowest BCUT2D eigenvalue weighted by Gasteiger charge is -2.28. The maximum Gasteiger partial charge on any atom is 0.162 e. The maximum absolute atomic E-state index is 11.5. The van der Waals surface area contributed by atoms with Gasteiger partial charge in [-0.05, 0) is 24.3 Å². The second kappa shape index (κ2) is 5.13. The van der Waals surface area contributed by atoms with Crippen LogP contribution in [0.4, 0.5) is 5.69 Å². The van der Waals surface area contributed by atoms with Crippen molar-refractivity contribution >= 4 is 17.3 Å². The Kier molecular flexibility index (Phi) is 3.57. The van der Waals surface area contributed by atoms with Gasteiger partial charge in [0.05, 0.1) is 0 Å². The molecule has 1 aromatic carbocycles. The minimum absolute atomic E-state index is 0.172. The van der Waals surface area contributed by atoms with Gasteiger partial charge in [-0.25, -0.2) is 0 Å². The number of hydrogen-bond acceptors (Lipinski definition) is 3. The Morgan fingerprint density at radius 1 is 1.18 bits per heavy atom. The number of piperidine rings is 1. The molecule has 0 aliphatic carbocycles. The van der Waals surface area contributed by atoms with Gasteiger partial charge in [0.1, 0.15) is 5.78 Å². The quantitative estimate of drug-likeness (QED) is 0.750. The molecule has 0 radical (unpaired) electrons. The Morgan fingerprint density at radius 3 is 2.29 bits per heavy atom. The van der Waals surface area contributed by atoms with Gasteiger partial charge in [0, 0.05) is 43.6 Å². The summed E-state index contributed by atoms with van der Waals surface area (Å²) in [5.41, 5.74) is 1.87. The summed E-state index contributed by atoms with van der Waals surface area (Å²) < 4.78 is 0. The summed E-state index contributed by atoms with van der Waals surface area (Å²) in [5, 5.41) is 0. The lowest BCUT2D eigenvalue weighted by Crippen LogP contribution is -2.33. The predicted molar refractivity (Wildman–Crippen MR) is 67.5 cm³/mol. The third kappa shape index (κ3) is 2.73. The Balaban J connectivity index is 2.07. The summed E-state index contributed by atoms with van der Waals surface area (Å²) in [6, 6.07) is 7.69. The molecule has 3 nitrogen and oxygen atoms in total. The van der Waals surface area contributed by atoms with Gasteiger partial charge >= 0.3 is 0 Å². The number of nitrogens with zero attached hydrogens (tertiary/aromatic N) is 1. The van der Waals surface area contributed by atoms with Crippen LogP contribution in [0.1, 0.15) is 36.5 Å². The second-order valence-electron chi connectivity index (χ2n) is 4.35. The van der Waals surface area contributed by atoms with Crippen LogP contribution in [-0.2, 0) is 4.79 Å². The molecule has 0 bridgehead atoms. The number of rotatable bonds is 3. The van der Waals surface area contributed by atoms with Crippen LogP contribution in [0, 0.1) is 0 Å². The molecule has 0 N–H and O–H groups in total. The molecule has 3 heteroatoms. The molecule has 0 atom stereocenters. The van der Waals surface area contributed by atoms with E-state index in [2.05, 4.69) is 4.90 Å². The fourth-order valence-electron chi connectivity index (χ4n) is 2.08. The highest BCUT2D eigenvalue weighted by Gasteiger charge is 2.16. The summed E-state index contributed by atoms with van der Waals surface area (Å²) in [6.07, 6.45) is 1.81. The van der Waals surface area contributed by atoms with Crippen molar-refractivity contribution in [3.05, 3.63) is 29.8 Å². The lowest BCUT2D eigenvalue weighted by atomic mass is 10.1. The molecule has 1 aliphatic heterocycles. The zero-order chi connectivity index (χ0) is 12.3. The third-order valence-electron chi connectivity index (χ3n) is 3.20.